The van der Waals surface area contributed by atoms with Gasteiger partial charge in [0.25, 0.3) is 0 Å². The molecule has 60 heavy (non-hydrogen) atoms. The van der Waals surface area contributed by atoms with Crippen molar-refractivity contribution in [2.45, 2.75) is 57.8 Å². The average Bonchev–Trinajstić information content (AvgIpc) is 3.28. The number of nitrogens with zero attached hydrogens (tertiary/aromatic N) is 1. The van der Waals surface area contributed by atoms with Crippen LogP contribution in [0.5, 0.6) is 0 Å². The first-order valence-corrected chi connectivity index (χ1v) is 21.6. The second-order valence-electron chi connectivity index (χ2n) is 18.1. The number of benzene rings is 8. The van der Waals surface area contributed by atoms with E-state index in [1.165, 1.54) is 102 Å². The van der Waals surface area contributed by atoms with E-state index in [0.29, 0.717) is 0 Å². The summed E-state index contributed by atoms with van der Waals surface area (Å²) in [6.07, 6.45) is 3.56. The van der Waals surface area contributed by atoms with Crippen LogP contribution in [0.1, 0.15) is 62.8 Å². The summed E-state index contributed by atoms with van der Waals surface area (Å²) < 4.78 is 0. The maximum absolute atomic E-state index is 3.93. The number of para-hydroxylation sites is 1. The molecule has 2 aliphatic heterocycles. The van der Waals surface area contributed by atoms with Gasteiger partial charge in [-0.25, -0.2) is 0 Å². The van der Waals surface area contributed by atoms with Gasteiger partial charge in [-0.05, 0) is 134 Å². The highest BCUT2D eigenvalue weighted by atomic mass is 15.2. The molecule has 2 nitrogen and oxygen atoms in total. The van der Waals surface area contributed by atoms with Crippen LogP contribution in [0, 0.1) is 0 Å². The molecule has 3 aliphatic rings. The summed E-state index contributed by atoms with van der Waals surface area (Å²) in [5.41, 5.74) is 23.8. The maximum Gasteiger partial charge on any atom is 0.197 e. The Hall–Kier alpha value is -6.58. The van der Waals surface area contributed by atoms with E-state index in [-0.39, 0.29) is 10.8 Å². The van der Waals surface area contributed by atoms with Gasteiger partial charge in [-0.15, -0.1) is 0 Å². The highest BCUT2D eigenvalue weighted by molar-refractivity contribution is 6.73. The molecule has 0 spiro atoms. The first kappa shape index (κ1) is 36.5. The van der Waals surface area contributed by atoms with E-state index in [9.17, 15) is 0 Å². The molecule has 8 aromatic rings. The Morgan fingerprint density at radius 3 is 1.85 bits per heavy atom. The summed E-state index contributed by atoms with van der Waals surface area (Å²) in [7, 11) is 2.46. The summed E-state index contributed by atoms with van der Waals surface area (Å²) in [6.45, 7) is 9.75. The van der Waals surface area contributed by atoms with Crippen molar-refractivity contribution in [3.8, 4) is 44.5 Å². The lowest BCUT2D eigenvalue weighted by Gasteiger charge is -2.47. The van der Waals surface area contributed by atoms with Gasteiger partial charge in [0.15, 0.2) is 7.28 Å². The van der Waals surface area contributed by atoms with Crippen molar-refractivity contribution in [2.75, 3.05) is 10.2 Å². The number of fused-ring (bicyclic) bond motifs is 5. The molecule has 0 bridgehead atoms. The average molecular weight is 772 g/mol. The highest BCUT2D eigenvalue weighted by Gasteiger charge is 2.43. The fraction of sp³-hybridized carbons (Fsp3) is 0.158. The lowest BCUT2D eigenvalue weighted by molar-refractivity contribution is 0.430. The zero-order chi connectivity index (χ0) is 40.6. The minimum Gasteiger partial charge on any atom is -0.355 e. The third-order valence-electron chi connectivity index (χ3n) is 13.5. The van der Waals surface area contributed by atoms with Crippen molar-refractivity contribution in [1.29, 1.82) is 0 Å². The zero-order valence-corrected chi connectivity index (χ0v) is 34.9. The normalized spacial score (nSPS) is 15.2. The van der Waals surface area contributed by atoms with Crippen LogP contribution in [0.4, 0.5) is 28.4 Å². The monoisotopic (exact) mass is 771 g/mol. The van der Waals surface area contributed by atoms with Gasteiger partial charge in [0.05, 0.1) is 5.69 Å². The highest BCUT2D eigenvalue weighted by Crippen LogP contribution is 2.55. The van der Waals surface area contributed by atoms with E-state index in [2.05, 4.69) is 221 Å². The summed E-state index contributed by atoms with van der Waals surface area (Å²) in [6, 6.07) is 65.0. The number of rotatable bonds is 6. The molecule has 0 unspecified atom stereocenters. The third kappa shape index (κ3) is 6.02. The molecule has 11 rings (SSSR count). The second kappa shape index (κ2) is 14.0. The van der Waals surface area contributed by atoms with Crippen LogP contribution in [0.2, 0.25) is 0 Å². The van der Waals surface area contributed by atoms with Crippen molar-refractivity contribution >= 4 is 46.6 Å². The van der Waals surface area contributed by atoms with Gasteiger partial charge >= 0.3 is 0 Å². The number of hydrogen-bond donors (Lipinski definition) is 1. The van der Waals surface area contributed by atoms with Crippen molar-refractivity contribution in [2.24, 2.45) is 0 Å². The Balaban J connectivity index is 1.17. The quantitative estimate of drug-likeness (QED) is 0.169. The molecule has 1 N–H and O–H groups in total. The predicted molar refractivity (Wildman–Crippen MR) is 256 cm³/mol. The molecular formula is C57H48BN2. The Morgan fingerprint density at radius 1 is 0.500 bits per heavy atom. The lowest BCUT2D eigenvalue weighted by atomic mass is 9.55. The molecule has 0 atom stereocenters. The van der Waals surface area contributed by atoms with Crippen LogP contribution in [0.15, 0.2) is 176 Å². The van der Waals surface area contributed by atoms with Gasteiger partial charge < -0.3 is 10.2 Å². The molecule has 1 radical (unpaired) electrons. The number of anilines is 5. The molecule has 1 aliphatic carbocycles. The van der Waals surface area contributed by atoms with Crippen LogP contribution in [0.3, 0.4) is 0 Å². The largest absolute Gasteiger partial charge is 0.355 e. The standard InChI is InChI=1S/C57H48BN2/c1-56(2)30-16-24-42-34-52-49(36-48(42)56)57(3,4)47-26-15-27-50-55(47)60(52)53-35-43(39-21-12-7-13-22-39)33-46(54(53)58-50)45-32-41(38-19-10-6-11-20-38)28-29-51(45)59-44-25-14-23-40(31-44)37-17-8-5-9-18-37/h5-15,17-23,25-29,31-36,59H,16,24,30H2,1-4H3. The van der Waals surface area contributed by atoms with Crippen molar-refractivity contribution < 1.29 is 0 Å². The first-order valence-electron chi connectivity index (χ1n) is 21.6. The van der Waals surface area contributed by atoms with Crippen LogP contribution < -0.4 is 21.1 Å². The Kier molecular flexibility index (Phi) is 8.53. The van der Waals surface area contributed by atoms with Gasteiger partial charge in [-0.1, -0.05) is 167 Å². The van der Waals surface area contributed by atoms with Crippen molar-refractivity contribution in [3.05, 3.63) is 198 Å². The second-order valence-corrected chi connectivity index (χ2v) is 18.1. The minimum absolute atomic E-state index is 0.149. The number of hydrogen-bond acceptors (Lipinski definition) is 2. The van der Waals surface area contributed by atoms with Gasteiger partial charge in [0, 0.05) is 33.7 Å². The zero-order valence-electron chi connectivity index (χ0n) is 34.9. The van der Waals surface area contributed by atoms with Crippen LogP contribution >= 0.6 is 0 Å². The third-order valence-corrected chi connectivity index (χ3v) is 13.5. The summed E-state index contributed by atoms with van der Waals surface area (Å²) in [5.74, 6) is 0. The van der Waals surface area contributed by atoms with E-state index >= 15 is 0 Å². The number of nitrogens with one attached hydrogen (secondary N) is 1. The molecular weight excluding hydrogens is 723 g/mol. The predicted octanol–water partition coefficient (Wildman–Crippen LogP) is 13.8. The molecule has 289 valence electrons. The summed E-state index contributed by atoms with van der Waals surface area (Å²) >= 11 is 0. The SMILES string of the molecule is CC1(C)CCCc2cc3c(cc21)C(C)(C)c1cccc2c1N3c1cc(-c3ccccc3)cc(-c3cc(-c4ccccc4)ccc3Nc3cccc(-c4ccccc4)c3)c1[B]2. The topological polar surface area (TPSA) is 15.3 Å². The molecule has 8 aromatic carbocycles. The molecule has 0 saturated heterocycles. The van der Waals surface area contributed by atoms with Crippen molar-refractivity contribution in [1.82, 2.24) is 0 Å². The van der Waals surface area contributed by atoms with Crippen LogP contribution in [-0.2, 0) is 17.3 Å². The van der Waals surface area contributed by atoms with E-state index in [4.69, 9.17) is 0 Å². The smallest absolute Gasteiger partial charge is 0.197 e. The number of aryl methyl sites for hydroxylation is 1. The van der Waals surface area contributed by atoms with Gasteiger partial charge in [-0.3, -0.25) is 0 Å². The molecule has 3 heteroatoms. The molecule has 0 aromatic heterocycles. The lowest BCUT2D eigenvalue weighted by Crippen LogP contribution is -2.45. The maximum atomic E-state index is 3.93. The van der Waals surface area contributed by atoms with Crippen LogP contribution in [0.25, 0.3) is 44.5 Å². The van der Waals surface area contributed by atoms with E-state index < -0.39 is 0 Å². The fourth-order valence-electron chi connectivity index (χ4n) is 10.4. The van der Waals surface area contributed by atoms with Gasteiger partial charge in [0.2, 0.25) is 0 Å². The first-order chi connectivity index (χ1) is 29.2. The molecule has 0 fully saturated rings. The van der Waals surface area contributed by atoms with Gasteiger partial charge in [0.1, 0.15) is 0 Å². The Labute approximate surface area is 355 Å². The summed E-state index contributed by atoms with van der Waals surface area (Å²) in [5, 5.41) is 3.93. The molecule has 0 amide bonds. The molecule has 2 heterocycles. The van der Waals surface area contributed by atoms with E-state index in [1.54, 1.807) is 0 Å². The van der Waals surface area contributed by atoms with Crippen molar-refractivity contribution in [3.63, 3.8) is 0 Å². The fourth-order valence-corrected chi connectivity index (χ4v) is 10.4. The summed E-state index contributed by atoms with van der Waals surface area (Å²) in [4.78, 5) is 2.63. The van der Waals surface area contributed by atoms with E-state index in [0.717, 1.165) is 23.4 Å². The van der Waals surface area contributed by atoms with Crippen LogP contribution in [-0.4, -0.2) is 7.28 Å². The minimum atomic E-state index is -0.166. The Morgan fingerprint density at radius 2 is 1.13 bits per heavy atom. The van der Waals surface area contributed by atoms with Gasteiger partial charge in [-0.2, -0.15) is 0 Å². The molecule has 0 saturated carbocycles. The Bertz CT molecular complexity index is 2950. The van der Waals surface area contributed by atoms with E-state index in [1.807, 2.05) is 0 Å².